The summed E-state index contributed by atoms with van der Waals surface area (Å²) < 4.78 is 3.75. The Labute approximate surface area is 398 Å². The van der Waals surface area contributed by atoms with Crippen LogP contribution in [0.3, 0.4) is 0 Å². The van der Waals surface area contributed by atoms with Crippen LogP contribution in [0.4, 0.5) is 0 Å². The van der Waals surface area contributed by atoms with E-state index in [1.165, 1.54) is 30.8 Å². The fourth-order valence-electron chi connectivity index (χ4n) is 7.09. The van der Waals surface area contributed by atoms with Gasteiger partial charge in [0.2, 0.25) is 0 Å². The molecule has 6 aromatic carbocycles. The van der Waals surface area contributed by atoms with Gasteiger partial charge in [0.25, 0.3) is 0 Å². The van der Waals surface area contributed by atoms with Crippen molar-refractivity contribution in [3.05, 3.63) is 237 Å². The van der Waals surface area contributed by atoms with Gasteiger partial charge in [-0.25, -0.2) is 34.0 Å². The van der Waals surface area contributed by atoms with E-state index in [9.17, 15) is 0 Å². The molecule has 12 aromatic rings. The number of pyridine rings is 3. The van der Waals surface area contributed by atoms with E-state index in [0.29, 0.717) is 0 Å². The molecule has 0 spiro atoms. The quantitative estimate of drug-likeness (QED) is 0.156. The second kappa shape index (κ2) is 20.2. The van der Waals surface area contributed by atoms with Gasteiger partial charge in [0.1, 0.15) is 0 Å². The molecule has 6 heterocycles. The monoisotopic (exact) mass is 1050 g/mol. The first-order valence-corrected chi connectivity index (χ1v) is 22.9. The third kappa shape index (κ3) is 9.91. The molecule has 0 saturated heterocycles. The van der Waals surface area contributed by atoms with Gasteiger partial charge in [0.05, 0.1) is 0 Å². The van der Waals surface area contributed by atoms with E-state index < -0.39 is 0 Å². The first kappa shape index (κ1) is 42.6. The number of aromatic nitrogens is 3. The summed E-state index contributed by atoms with van der Waals surface area (Å²) in [6, 6.07) is 78.7. The standard InChI is InChI=1S/3C19H12NS.Ir/c3*1-2-6-14(7-3-1)16-10-11-17(20-13-16)19-12-15-8-4-5-9-18(15)21-19;/h3*1-11,13H;/q3*-1;. The Bertz CT molecular complexity index is 2900. The van der Waals surface area contributed by atoms with Crippen molar-refractivity contribution in [2.45, 2.75) is 0 Å². The summed E-state index contributed by atoms with van der Waals surface area (Å²) >= 11 is 5.20. The molecule has 0 unspecified atom stereocenters. The van der Waals surface area contributed by atoms with Crippen molar-refractivity contribution in [2.75, 3.05) is 0 Å². The first-order valence-electron chi connectivity index (χ1n) is 20.5. The van der Waals surface area contributed by atoms with Gasteiger partial charge in [0.15, 0.2) is 0 Å². The molecule has 309 valence electrons. The Morgan fingerprint density at radius 2 is 0.531 bits per heavy atom. The summed E-state index contributed by atoms with van der Waals surface area (Å²) in [6.07, 6.45) is 5.80. The maximum atomic E-state index is 4.60. The summed E-state index contributed by atoms with van der Waals surface area (Å²) in [5.41, 5.74) is 9.94. The topological polar surface area (TPSA) is 38.7 Å². The Morgan fingerprint density at radius 1 is 0.266 bits per heavy atom. The molecule has 0 saturated carbocycles. The molecule has 6 aromatic heterocycles. The molecule has 0 atom stereocenters. The van der Waals surface area contributed by atoms with Crippen LogP contribution in [0.2, 0.25) is 0 Å². The number of nitrogens with zero attached hydrogens (tertiary/aromatic N) is 3. The van der Waals surface area contributed by atoms with Crippen molar-refractivity contribution in [3.8, 4) is 65.1 Å². The maximum Gasteiger partial charge on any atom is 0.0240 e. The first-order chi connectivity index (χ1) is 31.2. The van der Waals surface area contributed by atoms with Crippen molar-refractivity contribution >= 4 is 64.3 Å². The summed E-state index contributed by atoms with van der Waals surface area (Å²) in [7, 11) is 0. The SMILES string of the molecule is [Ir].[c-]1c(-c2ccc(-c3ccccc3)cn2)sc2ccccc12.[c-]1c(-c2ccc(-c3ccccc3)cn2)sc2ccccc12.[c-]1c(-c2ccc(-c3ccccc3)cn2)sc2ccccc12. The predicted molar refractivity (Wildman–Crippen MR) is 268 cm³/mol. The smallest absolute Gasteiger partial charge is 0.0240 e. The number of benzene rings is 6. The van der Waals surface area contributed by atoms with E-state index >= 15 is 0 Å². The minimum atomic E-state index is 0. The van der Waals surface area contributed by atoms with Gasteiger partial charge in [-0.1, -0.05) is 164 Å². The summed E-state index contributed by atoms with van der Waals surface area (Å²) in [5, 5.41) is 3.48. The van der Waals surface area contributed by atoms with E-state index in [0.717, 1.165) is 64.6 Å². The van der Waals surface area contributed by atoms with Crippen LogP contribution >= 0.6 is 34.0 Å². The Morgan fingerprint density at radius 3 is 0.781 bits per heavy atom. The molecule has 0 N–H and O–H groups in total. The molecular formula is C57H36IrN3S3-3. The van der Waals surface area contributed by atoms with Crippen LogP contribution in [-0.4, -0.2) is 15.0 Å². The van der Waals surface area contributed by atoms with Crippen molar-refractivity contribution in [1.82, 2.24) is 15.0 Å². The molecule has 7 heteroatoms. The van der Waals surface area contributed by atoms with Gasteiger partial charge in [-0.05, 0) is 62.1 Å². The minimum Gasteiger partial charge on any atom is -0.303 e. The third-order valence-corrected chi connectivity index (χ3v) is 13.6. The summed E-state index contributed by atoms with van der Waals surface area (Å²) in [6.45, 7) is 0. The second-order valence-corrected chi connectivity index (χ2v) is 17.7. The number of rotatable bonds is 6. The van der Waals surface area contributed by atoms with E-state index in [2.05, 4.69) is 161 Å². The van der Waals surface area contributed by atoms with E-state index in [1.54, 1.807) is 34.0 Å². The second-order valence-electron chi connectivity index (χ2n) is 14.6. The van der Waals surface area contributed by atoms with Crippen molar-refractivity contribution in [3.63, 3.8) is 0 Å². The van der Waals surface area contributed by atoms with Crippen LogP contribution < -0.4 is 0 Å². The van der Waals surface area contributed by atoms with Crippen LogP contribution in [-0.2, 0) is 20.1 Å². The zero-order chi connectivity index (χ0) is 42.2. The molecule has 64 heavy (non-hydrogen) atoms. The number of hydrogen-bond donors (Lipinski definition) is 0. The molecule has 12 rings (SSSR count). The third-order valence-electron chi connectivity index (χ3n) is 10.4. The zero-order valence-corrected chi connectivity index (χ0v) is 39.0. The van der Waals surface area contributed by atoms with Crippen LogP contribution in [0, 0.1) is 18.2 Å². The molecular weight excluding hydrogens is 1020 g/mol. The maximum absolute atomic E-state index is 4.60. The molecule has 0 aliphatic rings. The van der Waals surface area contributed by atoms with E-state index in [4.69, 9.17) is 0 Å². The average molecular weight is 1050 g/mol. The van der Waals surface area contributed by atoms with Crippen molar-refractivity contribution in [2.24, 2.45) is 0 Å². The molecule has 0 fully saturated rings. The van der Waals surface area contributed by atoms with Crippen LogP contribution in [0.15, 0.2) is 219 Å². The Kier molecular flexibility index (Phi) is 13.4. The van der Waals surface area contributed by atoms with Crippen LogP contribution in [0.1, 0.15) is 0 Å². The molecule has 3 nitrogen and oxygen atoms in total. The minimum absolute atomic E-state index is 0. The number of hydrogen-bond acceptors (Lipinski definition) is 6. The van der Waals surface area contributed by atoms with Crippen LogP contribution in [0.5, 0.6) is 0 Å². The van der Waals surface area contributed by atoms with Gasteiger partial charge in [-0.15, -0.1) is 70.8 Å². The number of thiophene rings is 3. The molecule has 0 aliphatic heterocycles. The molecule has 0 aliphatic carbocycles. The Balaban J connectivity index is 0.000000121. The van der Waals surface area contributed by atoms with Gasteiger partial charge < -0.3 is 15.0 Å². The van der Waals surface area contributed by atoms with Gasteiger partial charge in [0, 0.05) is 55.8 Å². The van der Waals surface area contributed by atoms with Gasteiger partial charge in [-0.3, -0.25) is 0 Å². The summed E-state index contributed by atoms with van der Waals surface area (Å²) in [5.74, 6) is 0. The largest absolute Gasteiger partial charge is 0.303 e. The van der Waals surface area contributed by atoms with Crippen LogP contribution in [0.25, 0.3) is 95.4 Å². The summed E-state index contributed by atoms with van der Waals surface area (Å²) in [4.78, 5) is 17.1. The fourth-order valence-corrected chi connectivity index (χ4v) is 10.0. The predicted octanol–water partition coefficient (Wildman–Crippen LogP) is 16.3. The van der Waals surface area contributed by atoms with E-state index in [-0.39, 0.29) is 20.1 Å². The normalized spacial score (nSPS) is 10.7. The average Bonchev–Trinajstić information content (AvgIpc) is 4.13. The number of fused-ring (bicyclic) bond motifs is 3. The van der Waals surface area contributed by atoms with Gasteiger partial charge >= 0.3 is 0 Å². The fraction of sp³-hybridized carbons (Fsp3) is 0. The van der Waals surface area contributed by atoms with E-state index in [1.807, 2.05) is 91.4 Å². The molecule has 1 radical (unpaired) electrons. The van der Waals surface area contributed by atoms with Gasteiger partial charge in [-0.2, -0.15) is 0 Å². The molecule has 0 bridgehead atoms. The van der Waals surface area contributed by atoms with Crippen molar-refractivity contribution < 1.29 is 20.1 Å². The Hall–Kier alpha value is -6.70. The zero-order valence-electron chi connectivity index (χ0n) is 34.2. The van der Waals surface area contributed by atoms with Crippen molar-refractivity contribution in [1.29, 1.82) is 0 Å². The molecule has 0 amide bonds.